The van der Waals surface area contributed by atoms with Gasteiger partial charge in [-0.3, -0.25) is 9.59 Å². The molecular weight excluding hydrogens is 1010 g/mol. The number of carboxylic acids is 1. The average molecular weight is 1130 g/mol. The van der Waals surface area contributed by atoms with Crippen LogP contribution in [0.25, 0.3) is 0 Å². The summed E-state index contributed by atoms with van der Waals surface area (Å²) >= 11 is 0. The molecule has 0 amide bonds. The van der Waals surface area contributed by atoms with E-state index in [1.54, 1.807) is 0 Å². The number of rotatable bonds is 58. The minimum absolute atomic E-state index is 0.131. The van der Waals surface area contributed by atoms with Crippen molar-refractivity contribution >= 4 is 17.9 Å². The van der Waals surface area contributed by atoms with E-state index in [1.165, 1.54) is 116 Å². The third kappa shape index (κ3) is 62.9. The highest BCUT2D eigenvalue weighted by Gasteiger charge is 2.22. The molecule has 0 aromatic heterocycles. The van der Waals surface area contributed by atoms with Gasteiger partial charge in [0, 0.05) is 12.8 Å². The van der Waals surface area contributed by atoms with Gasteiger partial charge in [-0.2, -0.15) is 0 Å². The molecule has 0 N–H and O–H groups in total. The molecule has 2 atom stereocenters. The molecule has 0 aromatic carbocycles. The zero-order chi connectivity index (χ0) is 59.1. The first kappa shape index (κ1) is 76.4. The van der Waals surface area contributed by atoms with E-state index in [-0.39, 0.29) is 38.6 Å². The molecule has 0 saturated heterocycles. The molecule has 2 unspecified atom stereocenters. The van der Waals surface area contributed by atoms with Crippen LogP contribution in [0.5, 0.6) is 0 Å². The van der Waals surface area contributed by atoms with Crippen LogP contribution >= 0.6 is 0 Å². The fraction of sp³-hybridized carbons (Fsp3) is 0.653. The quantitative estimate of drug-likeness (QED) is 0.0195. The van der Waals surface area contributed by atoms with Crippen LogP contribution in [0, 0.1) is 0 Å². The molecule has 0 bridgehead atoms. The maximum Gasteiger partial charge on any atom is 0.306 e. The van der Waals surface area contributed by atoms with Crippen LogP contribution in [0.1, 0.15) is 245 Å². The monoisotopic (exact) mass is 1130 g/mol. The van der Waals surface area contributed by atoms with E-state index in [0.29, 0.717) is 23.9 Å². The van der Waals surface area contributed by atoms with Gasteiger partial charge < -0.3 is 33.3 Å². The Balaban J connectivity index is 4.20. The Bertz CT molecular complexity index is 1790. The second-order valence-corrected chi connectivity index (χ2v) is 22.3. The van der Waals surface area contributed by atoms with E-state index in [1.807, 2.05) is 21.1 Å². The molecule has 81 heavy (non-hydrogen) atoms. The van der Waals surface area contributed by atoms with Crippen LogP contribution < -0.4 is 5.11 Å². The molecule has 0 aliphatic rings. The molecule has 0 aliphatic heterocycles. The van der Waals surface area contributed by atoms with Gasteiger partial charge in [-0.25, -0.2) is 0 Å². The number of esters is 2. The highest BCUT2D eigenvalue weighted by molar-refractivity contribution is 5.70. The molecular formula is C72H119NO8. The van der Waals surface area contributed by atoms with Gasteiger partial charge in [-0.05, 0) is 103 Å². The van der Waals surface area contributed by atoms with Crippen molar-refractivity contribution in [1.82, 2.24) is 0 Å². The van der Waals surface area contributed by atoms with Gasteiger partial charge in [0.25, 0.3) is 0 Å². The molecule has 460 valence electrons. The summed E-state index contributed by atoms with van der Waals surface area (Å²) < 4.78 is 22.7. The predicted octanol–water partition coefficient (Wildman–Crippen LogP) is 18.5. The van der Waals surface area contributed by atoms with Crippen LogP contribution in [-0.4, -0.2) is 82.3 Å². The largest absolute Gasteiger partial charge is 0.545 e. The molecule has 9 heteroatoms. The number of unbranched alkanes of at least 4 members (excludes halogenated alkanes) is 21. The second-order valence-electron chi connectivity index (χ2n) is 22.3. The van der Waals surface area contributed by atoms with E-state index < -0.39 is 24.3 Å². The van der Waals surface area contributed by atoms with Crippen molar-refractivity contribution in [1.29, 1.82) is 0 Å². The van der Waals surface area contributed by atoms with Crippen LogP contribution in [-0.2, 0) is 33.3 Å². The number of allylic oxidation sites excluding steroid dienone is 22. The standard InChI is InChI=1S/C72H119NO8/c1-6-8-10-12-14-16-18-20-22-24-26-28-30-31-32-33-34-35-36-37-38-39-41-42-44-46-48-50-52-54-56-58-60-62-69(74)79-66-68(67-80-72(71(76)77)78-65-64-73(3,4)5)81-70(75)63-61-59-57-55-53-51-49-47-45-43-40-29-27-25-23-21-19-17-15-13-11-9-7-2/h8-11,14-17,20-23,26-29,43,45,49,51,55,57,68,72H,6-7,12-13,18-19,24-25,30-42,44,46-48,50,52-54,56,58-67H2,1-5H3/b10-8-,11-9-,16-14-,17-15-,22-20-,23-21-,28-26-,29-27-,45-43-,51-49-,57-55-. The molecule has 0 radical (unpaired) electrons. The van der Waals surface area contributed by atoms with E-state index in [9.17, 15) is 19.5 Å². The summed E-state index contributed by atoms with van der Waals surface area (Å²) in [6, 6.07) is 0. The Morgan fingerprint density at radius 1 is 0.370 bits per heavy atom. The molecule has 9 nitrogen and oxygen atoms in total. The fourth-order valence-corrected chi connectivity index (χ4v) is 8.52. The number of carboxylic acid groups (broad SMARTS) is 1. The van der Waals surface area contributed by atoms with Crippen molar-refractivity contribution < 1.29 is 42.9 Å². The molecule has 0 spiro atoms. The average Bonchev–Trinajstić information content (AvgIpc) is 3.44. The molecule has 0 heterocycles. The van der Waals surface area contributed by atoms with Crippen molar-refractivity contribution in [3.05, 3.63) is 134 Å². The lowest BCUT2D eigenvalue weighted by Crippen LogP contribution is -2.44. The van der Waals surface area contributed by atoms with Gasteiger partial charge in [0.1, 0.15) is 13.2 Å². The summed E-state index contributed by atoms with van der Waals surface area (Å²) in [6.07, 6.45) is 85.3. The van der Waals surface area contributed by atoms with Gasteiger partial charge in [-0.15, -0.1) is 0 Å². The minimum atomic E-state index is -1.64. The molecule has 0 fully saturated rings. The summed E-state index contributed by atoms with van der Waals surface area (Å²) in [5.41, 5.74) is 0. The van der Waals surface area contributed by atoms with Gasteiger partial charge in [-0.1, -0.05) is 263 Å². The lowest BCUT2D eigenvalue weighted by molar-refractivity contribution is -0.870. The first-order chi connectivity index (χ1) is 39.6. The number of likely N-dealkylation sites (N-methyl/N-ethyl adjacent to an activating group) is 1. The summed E-state index contributed by atoms with van der Waals surface area (Å²) in [4.78, 5) is 37.4. The van der Waals surface area contributed by atoms with Crippen molar-refractivity contribution in [3.63, 3.8) is 0 Å². The lowest BCUT2D eigenvalue weighted by atomic mass is 10.0. The Labute approximate surface area is 497 Å². The Hall–Kier alpha value is -4.57. The van der Waals surface area contributed by atoms with Gasteiger partial charge in [0.2, 0.25) is 0 Å². The van der Waals surface area contributed by atoms with Crippen LogP contribution in [0.4, 0.5) is 0 Å². The summed E-state index contributed by atoms with van der Waals surface area (Å²) in [6.45, 7) is 4.45. The third-order valence-corrected chi connectivity index (χ3v) is 13.4. The summed E-state index contributed by atoms with van der Waals surface area (Å²) in [5.74, 6) is -2.37. The van der Waals surface area contributed by atoms with Gasteiger partial charge >= 0.3 is 11.9 Å². The highest BCUT2D eigenvalue weighted by atomic mass is 16.7. The van der Waals surface area contributed by atoms with E-state index in [0.717, 1.165) is 89.9 Å². The number of hydrogen-bond donors (Lipinski definition) is 0. The van der Waals surface area contributed by atoms with Gasteiger partial charge in [0.05, 0.1) is 40.3 Å². The van der Waals surface area contributed by atoms with Crippen molar-refractivity contribution in [2.45, 2.75) is 257 Å². The number of carbonyl (C=O) groups is 3. The van der Waals surface area contributed by atoms with Crippen molar-refractivity contribution in [2.75, 3.05) is 47.5 Å². The Morgan fingerprint density at radius 2 is 0.679 bits per heavy atom. The predicted molar refractivity (Wildman–Crippen MR) is 343 cm³/mol. The van der Waals surface area contributed by atoms with Crippen LogP contribution in [0.3, 0.4) is 0 Å². The molecule has 0 aliphatic carbocycles. The fourth-order valence-electron chi connectivity index (χ4n) is 8.52. The first-order valence-electron chi connectivity index (χ1n) is 32.3. The topological polar surface area (TPSA) is 111 Å². The smallest absolute Gasteiger partial charge is 0.306 e. The summed E-state index contributed by atoms with van der Waals surface area (Å²) in [7, 11) is 5.90. The number of nitrogens with zero attached hydrogens (tertiary/aromatic N) is 1. The van der Waals surface area contributed by atoms with E-state index in [2.05, 4.69) is 148 Å². The summed E-state index contributed by atoms with van der Waals surface area (Å²) in [5, 5.41) is 11.8. The van der Waals surface area contributed by atoms with Crippen LogP contribution in [0.2, 0.25) is 0 Å². The van der Waals surface area contributed by atoms with Crippen molar-refractivity contribution in [3.8, 4) is 0 Å². The number of ether oxygens (including phenoxy) is 4. The third-order valence-electron chi connectivity index (χ3n) is 13.4. The van der Waals surface area contributed by atoms with Crippen LogP contribution in [0.15, 0.2) is 134 Å². The maximum absolute atomic E-state index is 12.9. The highest BCUT2D eigenvalue weighted by Crippen LogP contribution is 2.16. The maximum atomic E-state index is 12.9. The second kappa shape index (κ2) is 61.5. The molecule has 0 aromatic rings. The van der Waals surface area contributed by atoms with Crippen molar-refractivity contribution in [2.24, 2.45) is 0 Å². The lowest BCUT2D eigenvalue weighted by Gasteiger charge is -2.26. The zero-order valence-corrected chi connectivity index (χ0v) is 52.4. The zero-order valence-electron chi connectivity index (χ0n) is 52.4. The number of carbonyl (C=O) groups excluding carboxylic acids is 3. The van der Waals surface area contributed by atoms with E-state index >= 15 is 0 Å². The minimum Gasteiger partial charge on any atom is -0.545 e. The number of hydrogen-bond acceptors (Lipinski definition) is 8. The number of quaternary nitrogens is 1. The molecule has 0 rings (SSSR count). The Morgan fingerprint density at radius 3 is 1.02 bits per heavy atom. The van der Waals surface area contributed by atoms with E-state index in [4.69, 9.17) is 18.9 Å². The molecule has 0 saturated carbocycles. The number of aliphatic carboxylic acids is 1. The SMILES string of the molecule is CC/C=C\C/C=C\C/C=C\C/C=C\C/C=C\C/C=C\C/C=C\CCCC(=O)OC(COC(=O)CCCCCCCCCCCCCCCCCCCCCC/C=C\C/C=C\C/C=C\C/C=C\CC)COC(OCC[N+](C)(C)C)C(=O)[O-]. The van der Waals surface area contributed by atoms with Gasteiger partial charge in [0.15, 0.2) is 12.4 Å². The first-order valence-corrected chi connectivity index (χ1v) is 32.3. The normalized spacial score (nSPS) is 13.6. The Kier molecular flexibility index (Phi) is 58.0.